The monoisotopic (exact) mass is 405 g/mol. The van der Waals surface area contributed by atoms with E-state index in [0.29, 0.717) is 18.8 Å². The van der Waals surface area contributed by atoms with Gasteiger partial charge < -0.3 is 5.32 Å². The molecule has 6 nitrogen and oxygen atoms in total. The number of halogens is 1. The maximum atomic E-state index is 12.6. The van der Waals surface area contributed by atoms with Gasteiger partial charge >= 0.3 is 0 Å². The van der Waals surface area contributed by atoms with Gasteiger partial charge in [-0.2, -0.15) is 10.2 Å². The highest BCUT2D eigenvalue weighted by molar-refractivity contribution is 6.32. The van der Waals surface area contributed by atoms with Crippen LogP contribution in [-0.2, 0) is 20.1 Å². The minimum atomic E-state index is -0.324. The average molecular weight is 406 g/mol. The fourth-order valence-corrected chi connectivity index (χ4v) is 3.37. The predicted octanol–water partition coefficient (Wildman–Crippen LogP) is 3.96. The quantitative estimate of drug-likeness (QED) is 0.527. The molecule has 0 radical (unpaired) electrons. The zero-order valence-electron chi connectivity index (χ0n) is 15.9. The molecule has 0 atom stereocenters. The van der Waals surface area contributed by atoms with Gasteiger partial charge in [0.1, 0.15) is 5.02 Å². The number of rotatable bonds is 6. The van der Waals surface area contributed by atoms with Gasteiger partial charge in [-0.25, -0.2) is 4.68 Å². The lowest BCUT2D eigenvalue weighted by molar-refractivity contribution is 0.640. The highest BCUT2D eigenvalue weighted by atomic mass is 35.5. The van der Waals surface area contributed by atoms with Gasteiger partial charge in [0.25, 0.3) is 5.56 Å². The first-order valence-corrected chi connectivity index (χ1v) is 9.61. The van der Waals surface area contributed by atoms with Crippen LogP contribution in [0.25, 0.3) is 11.3 Å². The van der Waals surface area contributed by atoms with Crippen LogP contribution in [-0.4, -0.2) is 19.6 Å². The van der Waals surface area contributed by atoms with E-state index in [-0.39, 0.29) is 10.6 Å². The van der Waals surface area contributed by atoms with Crippen molar-refractivity contribution >= 4 is 17.3 Å². The molecule has 0 aliphatic rings. The van der Waals surface area contributed by atoms with Crippen molar-refractivity contribution in [2.45, 2.75) is 13.1 Å². The fraction of sp³-hybridized carbons (Fsp3) is 0.136. The normalized spacial score (nSPS) is 10.8. The smallest absolute Gasteiger partial charge is 0.287 e. The van der Waals surface area contributed by atoms with Gasteiger partial charge in [0, 0.05) is 30.9 Å². The van der Waals surface area contributed by atoms with Crippen molar-refractivity contribution in [2.24, 2.45) is 7.05 Å². The van der Waals surface area contributed by atoms with E-state index in [0.717, 1.165) is 22.4 Å². The maximum Gasteiger partial charge on any atom is 0.287 e. The topological polar surface area (TPSA) is 64.7 Å². The predicted molar refractivity (Wildman–Crippen MR) is 115 cm³/mol. The number of nitrogens with one attached hydrogen (secondary N) is 1. The van der Waals surface area contributed by atoms with Crippen LogP contribution >= 0.6 is 11.6 Å². The van der Waals surface area contributed by atoms with Crippen molar-refractivity contribution in [1.29, 1.82) is 0 Å². The van der Waals surface area contributed by atoms with Crippen molar-refractivity contribution in [2.75, 3.05) is 5.32 Å². The summed E-state index contributed by atoms with van der Waals surface area (Å²) in [5.74, 6) is 0. The summed E-state index contributed by atoms with van der Waals surface area (Å²) in [5, 5.41) is 12.2. The zero-order chi connectivity index (χ0) is 20.2. The van der Waals surface area contributed by atoms with Crippen LogP contribution in [0.5, 0.6) is 0 Å². The lowest BCUT2D eigenvalue weighted by Gasteiger charge is -2.10. The Morgan fingerprint density at radius 3 is 2.45 bits per heavy atom. The third kappa shape index (κ3) is 4.22. The molecule has 0 unspecified atom stereocenters. The second kappa shape index (κ2) is 8.32. The van der Waals surface area contributed by atoms with E-state index in [1.54, 1.807) is 10.9 Å². The maximum absolute atomic E-state index is 12.6. The van der Waals surface area contributed by atoms with Gasteiger partial charge in [0.05, 0.1) is 24.1 Å². The number of hydrogen-bond acceptors (Lipinski definition) is 4. The summed E-state index contributed by atoms with van der Waals surface area (Å²) < 4.78 is 3.14. The molecule has 0 bridgehead atoms. The van der Waals surface area contributed by atoms with Gasteiger partial charge in [-0.05, 0) is 5.56 Å². The van der Waals surface area contributed by atoms with E-state index in [1.807, 2.05) is 73.9 Å². The van der Waals surface area contributed by atoms with Gasteiger partial charge in [-0.3, -0.25) is 9.48 Å². The van der Waals surface area contributed by atoms with Crippen molar-refractivity contribution in [3.8, 4) is 11.3 Å². The molecule has 1 N–H and O–H groups in total. The van der Waals surface area contributed by atoms with Gasteiger partial charge in [0.15, 0.2) is 0 Å². The van der Waals surface area contributed by atoms with Crippen molar-refractivity contribution in [3.63, 3.8) is 0 Å². The molecule has 0 amide bonds. The number of aryl methyl sites for hydroxylation is 1. The first kappa shape index (κ1) is 19.0. The van der Waals surface area contributed by atoms with Crippen LogP contribution < -0.4 is 10.9 Å². The molecular formula is C22H20ClN5O. The third-order valence-corrected chi connectivity index (χ3v) is 4.95. The Morgan fingerprint density at radius 2 is 1.72 bits per heavy atom. The van der Waals surface area contributed by atoms with E-state index < -0.39 is 0 Å². The van der Waals surface area contributed by atoms with Crippen LogP contribution in [0.3, 0.4) is 0 Å². The van der Waals surface area contributed by atoms with Gasteiger partial charge in [-0.1, -0.05) is 72.3 Å². The molecule has 0 saturated carbocycles. The largest absolute Gasteiger partial charge is 0.378 e. The highest BCUT2D eigenvalue weighted by Gasteiger charge is 2.13. The Balaban J connectivity index is 1.54. The van der Waals surface area contributed by atoms with Crippen LogP contribution in [0.2, 0.25) is 5.02 Å². The number of nitrogens with zero attached hydrogens (tertiary/aromatic N) is 4. The van der Waals surface area contributed by atoms with E-state index >= 15 is 0 Å². The summed E-state index contributed by atoms with van der Waals surface area (Å²) in [7, 11) is 1.88. The summed E-state index contributed by atoms with van der Waals surface area (Å²) in [6.45, 7) is 0.849. The molecule has 0 saturated heterocycles. The number of benzene rings is 2. The van der Waals surface area contributed by atoms with Crippen LogP contribution in [0, 0.1) is 0 Å². The number of anilines is 1. The third-order valence-electron chi connectivity index (χ3n) is 4.58. The first-order valence-electron chi connectivity index (χ1n) is 9.23. The molecule has 0 aliphatic carbocycles. The molecule has 0 fully saturated rings. The van der Waals surface area contributed by atoms with Gasteiger partial charge in [-0.15, -0.1) is 0 Å². The van der Waals surface area contributed by atoms with Crippen molar-refractivity contribution < 1.29 is 0 Å². The highest BCUT2D eigenvalue weighted by Crippen LogP contribution is 2.23. The molecule has 29 heavy (non-hydrogen) atoms. The molecular weight excluding hydrogens is 386 g/mol. The standard InChI is InChI=1S/C22H20ClN5O/c1-27-15-18(21(26-27)17-10-6-3-7-11-17)12-24-19-13-25-28(22(29)20(19)23)14-16-8-4-2-5-9-16/h2-11,13,15,24H,12,14H2,1H3. The van der Waals surface area contributed by atoms with Crippen LogP contribution in [0.1, 0.15) is 11.1 Å². The Kier molecular flexibility index (Phi) is 5.44. The van der Waals surface area contributed by atoms with Crippen molar-refractivity contribution in [3.05, 3.63) is 99.6 Å². The van der Waals surface area contributed by atoms with E-state index in [2.05, 4.69) is 15.5 Å². The minimum Gasteiger partial charge on any atom is -0.378 e. The summed E-state index contributed by atoms with van der Waals surface area (Å²) in [4.78, 5) is 12.6. The molecule has 0 spiro atoms. The molecule has 2 aromatic heterocycles. The second-order valence-electron chi connectivity index (χ2n) is 6.72. The number of hydrogen-bond donors (Lipinski definition) is 1. The minimum absolute atomic E-state index is 0.126. The summed E-state index contributed by atoms with van der Waals surface area (Å²) in [6.07, 6.45) is 3.54. The molecule has 2 aromatic carbocycles. The molecule has 7 heteroatoms. The lowest BCUT2D eigenvalue weighted by Crippen LogP contribution is -2.24. The molecule has 146 valence electrons. The van der Waals surface area contributed by atoms with Crippen LogP contribution in [0.15, 0.2) is 77.9 Å². The van der Waals surface area contributed by atoms with E-state index in [9.17, 15) is 4.79 Å². The Bertz CT molecular complexity index is 1170. The van der Waals surface area contributed by atoms with Crippen molar-refractivity contribution in [1.82, 2.24) is 19.6 Å². The molecule has 4 aromatic rings. The zero-order valence-corrected chi connectivity index (χ0v) is 16.7. The van der Waals surface area contributed by atoms with Crippen LogP contribution in [0.4, 0.5) is 5.69 Å². The SMILES string of the molecule is Cn1cc(CNc2cnn(Cc3ccccc3)c(=O)c2Cl)c(-c2ccccc2)n1. The fourth-order valence-electron chi connectivity index (χ4n) is 3.15. The number of aromatic nitrogens is 4. The molecule has 2 heterocycles. The molecule has 0 aliphatic heterocycles. The van der Waals surface area contributed by atoms with E-state index in [4.69, 9.17) is 11.6 Å². The summed E-state index contributed by atoms with van der Waals surface area (Å²) in [6, 6.07) is 19.6. The Labute approximate surface area is 173 Å². The lowest BCUT2D eigenvalue weighted by atomic mass is 10.1. The Hall–Kier alpha value is -3.38. The van der Waals surface area contributed by atoms with E-state index in [1.165, 1.54) is 4.68 Å². The average Bonchev–Trinajstić information content (AvgIpc) is 3.13. The van der Waals surface area contributed by atoms with Gasteiger partial charge in [0.2, 0.25) is 0 Å². The summed E-state index contributed by atoms with van der Waals surface area (Å²) >= 11 is 6.34. The molecule has 4 rings (SSSR count). The Morgan fingerprint density at radius 1 is 1.03 bits per heavy atom. The summed E-state index contributed by atoms with van der Waals surface area (Å²) in [5.41, 5.74) is 4.10. The second-order valence-corrected chi connectivity index (χ2v) is 7.09. The first-order chi connectivity index (χ1) is 14.1.